The Morgan fingerprint density at radius 1 is 1.28 bits per heavy atom. The number of benzene rings is 1. The Hall–Kier alpha value is -1.06. The third-order valence-electron chi connectivity index (χ3n) is 3.83. The van der Waals surface area contributed by atoms with E-state index < -0.39 is 5.60 Å². The Morgan fingerprint density at radius 2 is 2.00 bits per heavy atom. The van der Waals surface area contributed by atoms with Crippen molar-refractivity contribution in [1.82, 2.24) is 0 Å². The van der Waals surface area contributed by atoms with E-state index in [0.29, 0.717) is 0 Å². The van der Waals surface area contributed by atoms with Crippen molar-refractivity contribution in [2.75, 3.05) is 18.0 Å². The molecule has 1 aliphatic heterocycles. The molecule has 1 aromatic rings. The second-order valence-electron chi connectivity index (χ2n) is 5.69. The average molecular weight is 248 g/mol. The monoisotopic (exact) mass is 248 g/mol. The lowest BCUT2D eigenvalue weighted by atomic mass is 9.98. The maximum absolute atomic E-state index is 10.1. The second-order valence-corrected chi connectivity index (χ2v) is 5.69. The number of nitrogens with two attached hydrogens (primary N) is 1. The van der Waals surface area contributed by atoms with Crippen molar-refractivity contribution in [1.29, 1.82) is 0 Å². The highest BCUT2D eigenvalue weighted by Gasteiger charge is 2.25. The maximum atomic E-state index is 10.1. The van der Waals surface area contributed by atoms with Gasteiger partial charge in [-0.05, 0) is 44.7 Å². The van der Waals surface area contributed by atoms with E-state index in [1.54, 1.807) is 0 Å². The first-order chi connectivity index (χ1) is 8.49. The zero-order valence-corrected chi connectivity index (χ0v) is 11.4. The lowest BCUT2D eigenvalue weighted by molar-refractivity contribution is 0.0481. The molecule has 0 saturated carbocycles. The lowest BCUT2D eigenvalue weighted by Crippen LogP contribution is -2.29. The SMILES string of the molecule is CC(N)c1ccccc1N1CCCC(C)(O)CC1. The number of para-hydroxylation sites is 1. The van der Waals surface area contributed by atoms with E-state index in [4.69, 9.17) is 5.73 Å². The lowest BCUT2D eigenvalue weighted by Gasteiger charge is -2.27. The Labute approximate surface area is 110 Å². The van der Waals surface area contributed by atoms with Crippen LogP contribution in [0.3, 0.4) is 0 Å². The molecule has 3 nitrogen and oxygen atoms in total. The quantitative estimate of drug-likeness (QED) is 0.845. The number of hydrogen-bond acceptors (Lipinski definition) is 3. The Kier molecular flexibility index (Phi) is 3.93. The van der Waals surface area contributed by atoms with Crippen LogP contribution >= 0.6 is 0 Å². The van der Waals surface area contributed by atoms with Crippen LogP contribution in [0.2, 0.25) is 0 Å². The van der Waals surface area contributed by atoms with Gasteiger partial charge in [0.05, 0.1) is 5.60 Å². The molecule has 100 valence electrons. The van der Waals surface area contributed by atoms with E-state index in [1.165, 1.54) is 11.3 Å². The molecule has 0 amide bonds. The minimum Gasteiger partial charge on any atom is -0.390 e. The second kappa shape index (κ2) is 5.29. The minimum absolute atomic E-state index is 0.0463. The maximum Gasteiger partial charge on any atom is 0.0637 e. The van der Waals surface area contributed by atoms with Gasteiger partial charge in [-0.1, -0.05) is 18.2 Å². The highest BCUT2D eigenvalue weighted by Crippen LogP contribution is 2.29. The predicted octanol–water partition coefficient (Wildman–Crippen LogP) is 2.45. The summed E-state index contributed by atoms with van der Waals surface area (Å²) in [5.41, 5.74) is 7.94. The van der Waals surface area contributed by atoms with E-state index in [9.17, 15) is 5.11 Å². The van der Waals surface area contributed by atoms with Gasteiger partial charge in [0.1, 0.15) is 0 Å². The van der Waals surface area contributed by atoms with Crippen molar-refractivity contribution in [3.63, 3.8) is 0 Å². The first-order valence-electron chi connectivity index (χ1n) is 6.81. The van der Waals surface area contributed by atoms with Crippen LogP contribution in [0.5, 0.6) is 0 Å². The van der Waals surface area contributed by atoms with Gasteiger partial charge in [0.15, 0.2) is 0 Å². The first-order valence-corrected chi connectivity index (χ1v) is 6.81. The van der Waals surface area contributed by atoms with Crippen LogP contribution in [-0.4, -0.2) is 23.8 Å². The topological polar surface area (TPSA) is 49.5 Å². The standard InChI is InChI=1S/C15H24N2O/c1-12(16)13-6-3-4-7-14(13)17-10-5-8-15(2,18)9-11-17/h3-4,6-7,12,18H,5,8-11,16H2,1-2H3. The summed E-state index contributed by atoms with van der Waals surface area (Å²) < 4.78 is 0. The van der Waals surface area contributed by atoms with E-state index in [-0.39, 0.29) is 6.04 Å². The zero-order chi connectivity index (χ0) is 13.2. The Morgan fingerprint density at radius 3 is 2.72 bits per heavy atom. The normalized spacial score (nSPS) is 26.8. The molecule has 3 heteroatoms. The highest BCUT2D eigenvalue weighted by molar-refractivity contribution is 5.55. The van der Waals surface area contributed by atoms with Crippen LogP contribution in [0.4, 0.5) is 5.69 Å². The van der Waals surface area contributed by atoms with Gasteiger partial charge in [-0.2, -0.15) is 0 Å². The molecular formula is C15H24N2O. The third-order valence-corrected chi connectivity index (χ3v) is 3.83. The summed E-state index contributed by atoms with van der Waals surface area (Å²) in [5.74, 6) is 0. The summed E-state index contributed by atoms with van der Waals surface area (Å²) in [4.78, 5) is 2.36. The molecule has 1 saturated heterocycles. The van der Waals surface area contributed by atoms with Crippen molar-refractivity contribution in [2.45, 2.75) is 44.8 Å². The molecule has 2 rings (SSSR count). The summed E-state index contributed by atoms with van der Waals surface area (Å²) in [6, 6.07) is 8.38. The summed E-state index contributed by atoms with van der Waals surface area (Å²) in [7, 11) is 0. The van der Waals surface area contributed by atoms with Gasteiger partial charge in [0.2, 0.25) is 0 Å². The summed E-state index contributed by atoms with van der Waals surface area (Å²) in [5, 5.41) is 10.1. The largest absolute Gasteiger partial charge is 0.390 e. The van der Waals surface area contributed by atoms with E-state index >= 15 is 0 Å². The van der Waals surface area contributed by atoms with Gasteiger partial charge in [0, 0.05) is 24.8 Å². The van der Waals surface area contributed by atoms with Gasteiger partial charge in [0.25, 0.3) is 0 Å². The van der Waals surface area contributed by atoms with Crippen molar-refractivity contribution in [3.8, 4) is 0 Å². The van der Waals surface area contributed by atoms with E-state index in [0.717, 1.165) is 32.4 Å². The van der Waals surface area contributed by atoms with Gasteiger partial charge in [-0.15, -0.1) is 0 Å². The molecule has 0 radical (unpaired) electrons. The van der Waals surface area contributed by atoms with Gasteiger partial charge in [-0.3, -0.25) is 0 Å². The fourth-order valence-corrected chi connectivity index (χ4v) is 2.66. The van der Waals surface area contributed by atoms with Crippen molar-refractivity contribution < 1.29 is 5.11 Å². The van der Waals surface area contributed by atoms with Crippen molar-refractivity contribution in [2.24, 2.45) is 5.73 Å². The van der Waals surface area contributed by atoms with Crippen LogP contribution in [0, 0.1) is 0 Å². The van der Waals surface area contributed by atoms with Gasteiger partial charge < -0.3 is 15.7 Å². The molecule has 0 aliphatic carbocycles. The molecule has 18 heavy (non-hydrogen) atoms. The van der Waals surface area contributed by atoms with Crippen LogP contribution in [0.1, 0.15) is 44.7 Å². The van der Waals surface area contributed by atoms with Gasteiger partial charge >= 0.3 is 0 Å². The number of nitrogens with zero attached hydrogens (tertiary/aromatic N) is 1. The first kappa shape index (κ1) is 13.4. The van der Waals surface area contributed by atoms with Crippen LogP contribution in [0.25, 0.3) is 0 Å². The fourth-order valence-electron chi connectivity index (χ4n) is 2.66. The third kappa shape index (κ3) is 3.03. The molecular weight excluding hydrogens is 224 g/mol. The van der Waals surface area contributed by atoms with Crippen LogP contribution in [-0.2, 0) is 0 Å². The molecule has 1 aromatic carbocycles. The van der Waals surface area contributed by atoms with E-state index in [1.807, 2.05) is 19.9 Å². The molecule has 2 atom stereocenters. The number of hydrogen-bond donors (Lipinski definition) is 2. The highest BCUT2D eigenvalue weighted by atomic mass is 16.3. The fraction of sp³-hybridized carbons (Fsp3) is 0.600. The molecule has 3 N–H and O–H groups in total. The molecule has 1 fully saturated rings. The molecule has 0 bridgehead atoms. The van der Waals surface area contributed by atoms with Crippen molar-refractivity contribution >= 4 is 5.69 Å². The molecule has 2 unspecified atom stereocenters. The van der Waals surface area contributed by atoms with E-state index in [2.05, 4.69) is 23.1 Å². The van der Waals surface area contributed by atoms with Crippen molar-refractivity contribution in [3.05, 3.63) is 29.8 Å². The molecule has 0 aromatic heterocycles. The molecule has 1 aliphatic rings. The number of aliphatic hydroxyl groups is 1. The Balaban J connectivity index is 2.21. The summed E-state index contributed by atoms with van der Waals surface area (Å²) >= 11 is 0. The zero-order valence-electron chi connectivity index (χ0n) is 11.4. The smallest absolute Gasteiger partial charge is 0.0637 e. The minimum atomic E-state index is -0.516. The van der Waals surface area contributed by atoms with Crippen LogP contribution in [0.15, 0.2) is 24.3 Å². The van der Waals surface area contributed by atoms with Gasteiger partial charge in [-0.25, -0.2) is 0 Å². The predicted molar refractivity (Wildman–Crippen MR) is 75.7 cm³/mol. The molecule has 0 spiro atoms. The number of rotatable bonds is 2. The average Bonchev–Trinajstić information content (AvgIpc) is 2.50. The number of anilines is 1. The Bertz CT molecular complexity index is 401. The summed E-state index contributed by atoms with van der Waals surface area (Å²) in [6.45, 7) is 5.86. The van der Waals surface area contributed by atoms with Crippen LogP contribution < -0.4 is 10.6 Å². The summed E-state index contributed by atoms with van der Waals surface area (Å²) in [6.07, 6.45) is 2.73. The molecule has 1 heterocycles.